The molecule has 34 heavy (non-hydrogen) atoms. The number of nitriles is 1. The van der Waals surface area contributed by atoms with E-state index in [2.05, 4.69) is 28.6 Å². The lowest BCUT2D eigenvalue weighted by Gasteiger charge is -2.21. The number of nitrogens with one attached hydrogen (secondary N) is 2. The summed E-state index contributed by atoms with van der Waals surface area (Å²) in [6.45, 7) is 6.99. The summed E-state index contributed by atoms with van der Waals surface area (Å²) in [6.07, 6.45) is 3.70. The van der Waals surface area contributed by atoms with Crippen molar-refractivity contribution in [1.82, 2.24) is 19.2 Å². The van der Waals surface area contributed by atoms with E-state index in [-0.39, 0.29) is 34.6 Å². The van der Waals surface area contributed by atoms with Gasteiger partial charge in [0.25, 0.3) is 10.0 Å². The normalized spacial score (nSPS) is 18.3. The molecule has 3 heterocycles. The molecule has 1 saturated heterocycles. The number of pyridine rings is 1. The zero-order valence-electron chi connectivity index (χ0n) is 19.4. The highest BCUT2D eigenvalue weighted by atomic mass is 32.2. The van der Waals surface area contributed by atoms with Crippen LogP contribution in [0, 0.1) is 17.2 Å². The van der Waals surface area contributed by atoms with Gasteiger partial charge in [0.1, 0.15) is 6.07 Å². The molecule has 0 spiro atoms. The summed E-state index contributed by atoms with van der Waals surface area (Å²) in [7, 11) is -3.85. The molecule has 0 radical (unpaired) electrons. The van der Waals surface area contributed by atoms with Gasteiger partial charge < -0.3 is 15.5 Å². The molecule has 0 unspecified atom stereocenters. The molecule has 0 aliphatic carbocycles. The summed E-state index contributed by atoms with van der Waals surface area (Å²) in [5.74, 6) is 0.183. The second-order valence-electron chi connectivity index (χ2n) is 8.75. The molecule has 1 fully saturated rings. The van der Waals surface area contributed by atoms with E-state index in [1.54, 1.807) is 29.2 Å². The van der Waals surface area contributed by atoms with Crippen molar-refractivity contribution in [3.63, 3.8) is 0 Å². The molecule has 2 aromatic heterocycles. The van der Waals surface area contributed by atoms with E-state index in [4.69, 9.17) is 0 Å². The van der Waals surface area contributed by atoms with Crippen LogP contribution in [0.3, 0.4) is 0 Å². The van der Waals surface area contributed by atoms with Gasteiger partial charge in [-0.05, 0) is 44.4 Å². The Balaban J connectivity index is 1.71. The lowest BCUT2D eigenvalue weighted by molar-refractivity contribution is 0.204. The highest BCUT2D eigenvalue weighted by Crippen LogP contribution is 2.32. The molecule has 1 aliphatic heterocycles. The van der Waals surface area contributed by atoms with Crippen molar-refractivity contribution in [3.8, 4) is 6.07 Å². The van der Waals surface area contributed by atoms with Crippen molar-refractivity contribution in [3.05, 3.63) is 54.4 Å². The van der Waals surface area contributed by atoms with Crippen LogP contribution < -0.4 is 10.6 Å². The summed E-state index contributed by atoms with van der Waals surface area (Å²) in [6, 6.07) is 11.8. The maximum Gasteiger partial charge on any atom is 0.317 e. The summed E-state index contributed by atoms with van der Waals surface area (Å²) >= 11 is 0. The first-order valence-corrected chi connectivity index (χ1v) is 12.7. The molecule has 1 aromatic carbocycles. The number of anilines is 1. The van der Waals surface area contributed by atoms with E-state index in [1.807, 2.05) is 13.8 Å². The third-order valence-corrected chi connectivity index (χ3v) is 7.78. The molecule has 2 N–H and O–H groups in total. The van der Waals surface area contributed by atoms with Gasteiger partial charge in [-0.1, -0.05) is 25.1 Å². The van der Waals surface area contributed by atoms with Crippen molar-refractivity contribution >= 4 is 32.8 Å². The first kappa shape index (κ1) is 23.6. The number of fused-ring (bicyclic) bond motifs is 1. The number of aromatic nitrogens is 2. The van der Waals surface area contributed by atoms with Crippen LogP contribution in [0.1, 0.15) is 32.8 Å². The molecule has 2 amide bonds. The number of amides is 2. The van der Waals surface area contributed by atoms with Crippen LogP contribution in [0.15, 0.2) is 53.7 Å². The minimum atomic E-state index is -3.85. The monoisotopic (exact) mass is 480 g/mol. The maximum absolute atomic E-state index is 13.2. The quantitative estimate of drug-likeness (QED) is 0.558. The smallest absolute Gasteiger partial charge is 0.317 e. The zero-order valence-corrected chi connectivity index (χ0v) is 20.2. The van der Waals surface area contributed by atoms with Crippen LogP contribution in [0.25, 0.3) is 11.0 Å². The molecule has 9 nitrogen and oxygen atoms in total. The van der Waals surface area contributed by atoms with Crippen molar-refractivity contribution in [1.29, 1.82) is 5.26 Å². The minimum absolute atomic E-state index is 0.0379. The second kappa shape index (κ2) is 9.35. The molecule has 2 atom stereocenters. The Morgan fingerprint density at radius 1 is 1.24 bits per heavy atom. The van der Waals surface area contributed by atoms with E-state index in [9.17, 15) is 18.5 Å². The summed E-state index contributed by atoms with van der Waals surface area (Å²) in [5.41, 5.74) is 1.09. The highest BCUT2D eigenvalue weighted by molar-refractivity contribution is 7.90. The lowest BCUT2D eigenvalue weighted by Crippen LogP contribution is -2.42. The lowest BCUT2D eigenvalue weighted by atomic mass is 10.00. The van der Waals surface area contributed by atoms with Gasteiger partial charge in [0.2, 0.25) is 0 Å². The van der Waals surface area contributed by atoms with E-state index < -0.39 is 10.0 Å². The molecular weight excluding hydrogens is 452 g/mol. The Morgan fingerprint density at radius 2 is 1.97 bits per heavy atom. The van der Waals surface area contributed by atoms with Gasteiger partial charge >= 0.3 is 6.03 Å². The van der Waals surface area contributed by atoms with Crippen molar-refractivity contribution < 1.29 is 13.2 Å². The Morgan fingerprint density at radius 3 is 2.62 bits per heavy atom. The Hall–Kier alpha value is -3.58. The second-order valence-corrected chi connectivity index (χ2v) is 10.6. The average Bonchev–Trinajstić information content (AvgIpc) is 3.44. The summed E-state index contributed by atoms with van der Waals surface area (Å²) in [5, 5.41) is 16.7. The molecule has 1 aliphatic rings. The highest BCUT2D eigenvalue weighted by Gasteiger charge is 2.35. The fraction of sp³-hybridized carbons (Fsp3) is 0.375. The van der Waals surface area contributed by atoms with Crippen molar-refractivity contribution in [2.75, 3.05) is 18.4 Å². The largest absolute Gasteiger partial charge is 0.378 e. The molecular formula is C24H28N6O3S. The predicted molar refractivity (Wildman–Crippen MR) is 130 cm³/mol. The van der Waals surface area contributed by atoms with E-state index in [0.717, 1.165) is 10.4 Å². The number of urea groups is 1. The van der Waals surface area contributed by atoms with Crippen LogP contribution in [0.5, 0.6) is 0 Å². The number of carbonyl (C=O) groups is 1. The van der Waals surface area contributed by atoms with Gasteiger partial charge in [-0.3, -0.25) is 0 Å². The van der Waals surface area contributed by atoms with Crippen LogP contribution in [-0.4, -0.2) is 53.5 Å². The molecule has 0 saturated carbocycles. The fourth-order valence-electron chi connectivity index (χ4n) is 4.34. The van der Waals surface area contributed by atoms with Crippen LogP contribution in [0.2, 0.25) is 0 Å². The van der Waals surface area contributed by atoms with E-state index >= 15 is 0 Å². The predicted octanol–water partition coefficient (Wildman–Crippen LogP) is 3.39. The Kier molecular flexibility index (Phi) is 6.48. The third-order valence-electron chi connectivity index (χ3n) is 6.10. The van der Waals surface area contributed by atoms with Gasteiger partial charge in [-0.25, -0.2) is 22.2 Å². The van der Waals surface area contributed by atoms with E-state index in [0.29, 0.717) is 29.7 Å². The summed E-state index contributed by atoms with van der Waals surface area (Å²) in [4.78, 5) is 18.8. The number of hydrogen-bond donors (Lipinski definition) is 2. The number of rotatable bonds is 6. The van der Waals surface area contributed by atoms with Gasteiger partial charge in [0, 0.05) is 43.0 Å². The molecule has 178 valence electrons. The van der Waals surface area contributed by atoms with Crippen LogP contribution >= 0.6 is 0 Å². The maximum atomic E-state index is 13.2. The number of benzene rings is 1. The van der Waals surface area contributed by atoms with Crippen LogP contribution in [-0.2, 0) is 10.0 Å². The number of carbonyl (C=O) groups excluding carboxylic acids is 1. The van der Waals surface area contributed by atoms with Crippen molar-refractivity contribution in [2.24, 2.45) is 5.92 Å². The molecule has 4 rings (SSSR count). The Bertz CT molecular complexity index is 1340. The zero-order chi connectivity index (χ0) is 24.5. The first-order chi connectivity index (χ1) is 16.3. The number of hydrogen-bond acceptors (Lipinski definition) is 6. The van der Waals surface area contributed by atoms with Gasteiger partial charge in [-0.15, -0.1) is 0 Å². The molecule has 10 heteroatoms. The molecule has 0 bridgehead atoms. The minimum Gasteiger partial charge on any atom is -0.378 e. The third kappa shape index (κ3) is 4.31. The van der Waals surface area contributed by atoms with Gasteiger partial charge in [0.15, 0.2) is 5.65 Å². The summed E-state index contributed by atoms with van der Waals surface area (Å²) < 4.78 is 27.6. The van der Waals surface area contributed by atoms with Crippen LogP contribution in [0.4, 0.5) is 10.5 Å². The number of likely N-dealkylation sites (tertiary alicyclic amines) is 1. The number of nitrogens with zero attached hydrogens (tertiary/aromatic N) is 4. The Labute approximate surface area is 199 Å². The average molecular weight is 481 g/mol. The standard InChI is InChI=1S/C24H28N6O3S/c1-4-17-14-29(24(31)27-16(2)3)15-21(17)28-22-18(12-25)13-26-23-20(22)10-11-30(23)34(32,33)19-8-6-5-7-9-19/h5-11,13,16-17,21H,4,14-15H2,1-3H3,(H,26,28)(H,27,31)/t17-,21+/m1/s1. The van der Waals surface area contributed by atoms with Gasteiger partial charge in [0.05, 0.1) is 16.1 Å². The SMILES string of the molecule is CC[C@@H]1CN(C(=O)NC(C)C)C[C@@H]1Nc1c(C#N)cnc2c1ccn2S(=O)(=O)c1ccccc1. The molecule has 3 aromatic rings. The fourth-order valence-corrected chi connectivity index (χ4v) is 5.66. The van der Waals surface area contributed by atoms with Crippen molar-refractivity contribution in [2.45, 2.75) is 44.2 Å². The van der Waals surface area contributed by atoms with E-state index in [1.165, 1.54) is 24.5 Å². The first-order valence-electron chi connectivity index (χ1n) is 11.3. The van der Waals surface area contributed by atoms with Gasteiger partial charge in [-0.2, -0.15) is 5.26 Å². The topological polar surface area (TPSA) is 120 Å².